The first kappa shape index (κ1) is 31.5. The summed E-state index contributed by atoms with van der Waals surface area (Å²) in [6.45, 7) is -2.02. The van der Waals surface area contributed by atoms with Crippen LogP contribution in [0.4, 0.5) is 74.6 Å². The zero-order valence-corrected chi connectivity index (χ0v) is 16.4. The Bertz CT molecular complexity index is 926. The van der Waals surface area contributed by atoms with E-state index in [0.29, 0.717) is 6.20 Å². The second kappa shape index (κ2) is 9.07. The number of carbonyl (C=O) groups excluding carboxylic acids is 1. The smallest absolute Gasteiger partial charge is 0.460 e. The average Bonchev–Trinajstić information content (AvgIpc) is 2.72. The molecule has 1 rings (SSSR count). The van der Waals surface area contributed by atoms with E-state index in [1.807, 2.05) is 0 Å². The van der Waals surface area contributed by atoms with Crippen molar-refractivity contribution in [3.63, 3.8) is 0 Å². The highest BCUT2D eigenvalue weighted by Crippen LogP contribution is 2.64. The summed E-state index contributed by atoms with van der Waals surface area (Å²) >= 11 is 0. The van der Waals surface area contributed by atoms with E-state index >= 15 is 0 Å². The lowest BCUT2D eigenvalue weighted by atomic mass is 9.88. The number of hydrogen-bond acceptors (Lipinski definition) is 3. The van der Waals surface area contributed by atoms with Crippen molar-refractivity contribution in [1.82, 2.24) is 4.98 Å². The van der Waals surface area contributed by atoms with Crippen LogP contribution in [0.2, 0.25) is 0 Å². The molecule has 0 aliphatic carbocycles. The standard InChI is InChI=1S/C16H8F17NO2/c17-9(18,3-5-36-8(35)7-2-1-4-34-6-7)10(19,20)11(21,22)12(23,24)13(25,26)14(27,28)15(29,30)16(31,32)33/h1-2,4,6H,3,5H2. The van der Waals surface area contributed by atoms with Gasteiger partial charge in [-0.3, -0.25) is 4.98 Å². The van der Waals surface area contributed by atoms with E-state index < -0.39 is 72.2 Å². The molecule has 1 aromatic rings. The van der Waals surface area contributed by atoms with Crippen molar-refractivity contribution in [2.75, 3.05) is 6.61 Å². The van der Waals surface area contributed by atoms with Crippen LogP contribution in [0.15, 0.2) is 24.5 Å². The van der Waals surface area contributed by atoms with Gasteiger partial charge < -0.3 is 4.74 Å². The Morgan fingerprint density at radius 2 is 1.08 bits per heavy atom. The molecule has 3 nitrogen and oxygen atoms in total. The van der Waals surface area contributed by atoms with Crippen LogP contribution in [0.3, 0.4) is 0 Å². The molecular formula is C16H8F17NO2. The molecule has 0 unspecified atom stereocenters. The molecule has 0 bridgehead atoms. The number of carbonyl (C=O) groups is 1. The second-order valence-corrected chi connectivity index (χ2v) is 6.78. The fraction of sp³-hybridized carbons (Fsp3) is 0.625. The zero-order valence-electron chi connectivity index (χ0n) is 16.4. The van der Waals surface area contributed by atoms with Crippen LogP contribution in [-0.4, -0.2) is 65.2 Å². The van der Waals surface area contributed by atoms with Gasteiger partial charge in [0.2, 0.25) is 0 Å². The number of esters is 1. The number of ether oxygens (including phenoxy) is 1. The van der Waals surface area contributed by atoms with Crippen LogP contribution >= 0.6 is 0 Å². The molecule has 0 atom stereocenters. The third-order valence-electron chi connectivity index (χ3n) is 4.33. The maximum absolute atomic E-state index is 13.7. The third-order valence-corrected chi connectivity index (χ3v) is 4.33. The molecule has 1 heterocycles. The summed E-state index contributed by atoms with van der Waals surface area (Å²) < 4.78 is 227. The first-order valence-electron chi connectivity index (χ1n) is 8.52. The Labute approximate surface area is 187 Å². The molecule has 0 spiro atoms. The molecule has 0 amide bonds. The highest BCUT2D eigenvalue weighted by Gasteiger charge is 2.95. The predicted molar refractivity (Wildman–Crippen MR) is 79.8 cm³/mol. The van der Waals surface area contributed by atoms with Gasteiger partial charge in [-0.05, 0) is 12.1 Å². The zero-order chi connectivity index (χ0) is 28.8. The molecule has 0 aromatic carbocycles. The summed E-state index contributed by atoms with van der Waals surface area (Å²) in [7, 11) is 0. The molecular weight excluding hydrogens is 561 g/mol. The van der Waals surface area contributed by atoms with Gasteiger partial charge in [-0.1, -0.05) is 0 Å². The molecule has 0 radical (unpaired) electrons. The lowest BCUT2D eigenvalue weighted by Gasteiger charge is -2.42. The van der Waals surface area contributed by atoms with Crippen molar-refractivity contribution in [3.8, 4) is 0 Å². The normalized spacial score (nSPS) is 15.1. The van der Waals surface area contributed by atoms with Gasteiger partial charge in [-0.25, -0.2) is 4.79 Å². The predicted octanol–water partition coefficient (Wildman–Crippen LogP) is 6.64. The molecule has 0 aliphatic rings. The molecule has 1 aromatic heterocycles. The summed E-state index contributed by atoms with van der Waals surface area (Å²) in [4.78, 5) is 14.8. The Morgan fingerprint density at radius 1 is 0.667 bits per heavy atom. The van der Waals surface area contributed by atoms with Crippen molar-refractivity contribution in [2.24, 2.45) is 0 Å². The van der Waals surface area contributed by atoms with Crippen molar-refractivity contribution in [3.05, 3.63) is 30.1 Å². The number of halogens is 17. The van der Waals surface area contributed by atoms with Crippen LogP contribution in [0.5, 0.6) is 0 Å². The van der Waals surface area contributed by atoms with E-state index in [0.717, 1.165) is 18.3 Å². The van der Waals surface area contributed by atoms with Gasteiger partial charge in [0.1, 0.15) is 0 Å². The Balaban J connectivity index is 3.30. The highest BCUT2D eigenvalue weighted by atomic mass is 19.4. The van der Waals surface area contributed by atoms with Crippen molar-refractivity contribution >= 4 is 5.97 Å². The average molecular weight is 569 g/mol. The van der Waals surface area contributed by atoms with Crippen molar-refractivity contribution in [2.45, 2.75) is 54.1 Å². The minimum absolute atomic E-state index is 0.545. The summed E-state index contributed by atoms with van der Waals surface area (Å²) in [5.74, 6) is -58.5. The maximum Gasteiger partial charge on any atom is 0.460 e. The van der Waals surface area contributed by atoms with Crippen LogP contribution in [0, 0.1) is 0 Å². The summed E-state index contributed by atoms with van der Waals surface area (Å²) in [5, 5.41) is 0. The lowest BCUT2D eigenvalue weighted by Crippen LogP contribution is -2.74. The number of hydrogen-bond donors (Lipinski definition) is 0. The SMILES string of the molecule is O=C(OCCC(F)(F)C(F)(F)C(F)(F)C(F)(F)C(F)(F)C(F)(F)C(F)(F)C(F)(F)F)c1cccnc1. The minimum atomic E-state index is -8.69. The number of aromatic nitrogens is 1. The summed E-state index contributed by atoms with van der Waals surface area (Å²) in [6, 6.07) is 1.95. The molecule has 0 saturated heterocycles. The van der Waals surface area contributed by atoms with E-state index in [4.69, 9.17) is 0 Å². The van der Waals surface area contributed by atoms with E-state index in [2.05, 4.69) is 9.72 Å². The summed E-state index contributed by atoms with van der Waals surface area (Å²) in [5.41, 5.74) is -0.545. The third kappa shape index (κ3) is 4.61. The van der Waals surface area contributed by atoms with E-state index in [9.17, 15) is 79.4 Å². The van der Waals surface area contributed by atoms with E-state index in [1.165, 1.54) is 0 Å². The van der Waals surface area contributed by atoms with Gasteiger partial charge >= 0.3 is 53.6 Å². The molecule has 0 aliphatic heterocycles. The highest BCUT2D eigenvalue weighted by molar-refractivity contribution is 5.88. The van der Waals surface area contributed by atoms with Crippen molar-refractivity contribution < 1.29 is 84.2 Å². The van der Waals surface area contributed by atoms with Crippen LogP contribution in [0.1, 0.15) is 16.8 Å². The number of pyridine rings is 1. The fourth-order valence-electron chi connectivity index (χ4n) is 2.19. The largest absolute Gasteiger partial charge is 0.462 e. The topological polar surface area (TPSA) is 39.2 Å². The number of nitrogens with zero attached hydrogens (tertiary/aromatic N) is 1. The Hall–Kier alpha value is -2.57. The number of alkyl halides is 17. The first-order valence-corrected chi connectivity index (χ1v) is 8.52. The monoisotopic (exact) mass is 569 g/mol. The lowest BCUT2D eigenvalue weighted by molar-refractivity contribution is -0.461. The quantitative estimate of drug-likeness (QED) is 0.235. The van der Waals surface area contributed by atoms with Crippen molar-refractivity contribution in [1.29, 1.82) is 0 Å². The van der Waals surface area contributed by atoms with Crippen LogP contribution < -0.4 is 0 Å². The van der Waals surface area contributed by atoms with E-state index in [1.54, 1.807) is 0 Å². The molecule has 0 N–H and O–H groups in total. The fourth-order valence-corrected chi connectivity index (χ4v) is 2.19. The molecule has 0 fully saturated rings. The first-order chi connectivity index (χ1) is 15.7. The van der Waals surface area contributed by atoms with Crippen LogP contribution in [-0.2, 0) is 4.74 Å². The molecule has 208 valence electrons. The Kier molecular flexibility index (Phi) is 7.93. The van der Waals surface area contributed by atoms with Gasteiger partial charge in [-0.2, -0.15) is 74.6 Å². The van der Waals surface area contributed by atoms with Gasteiger partial charge in [0.25, 0.3) is 0 Å². The second-order valence-electron chi connectivity index (χ2n) is 6.78. The van der Waals surface area contributed by atoms with E-state index in [-0.39, 0.29) is 0 Å². The minimum Gasteiger partial charge on any atom is -0.462 e. The molecule has 0 saturated carbocycles. The van der Waals surface area contributed by atoms with Gasteiger partial charge in [0, 0.05) is 12.4 Å². The Morgan fingerprint density at radius 3 is 1.47 bits per heavy atom. The van der Waals surface area contributed by atoms with Crippen LogP contribution in [0.25, 0.3) is 0 Å². The molecule has 36 heavy (non-hydrogen) atoms. The van der Waals surface area contributed by atoms with Gasteiger partial charge in [0.15, 0.2) is 0 Å². The van der Waals surface area contributed by atoms with Gasteiger partial charge in [0.05, 0.1) is 18.6 Å². The number of rotatable bonds is 10. The maximum atomic E-state index is 13.7. The molecule has 20 heteroatoms. The van der Waals surface area contributed by atoms with Gasteiger partial charge in [-0.15, -0.1) is 0 Å². The summed E-state index contributed by atoms with van der Waals surface area (Å²) in [6.07, 6.45) is -8.89.